The van der Waals surface area contributed by atoms with E-state index in [0.29, 0.717) is 17.2 Å². The van der Waals surface area contributed by atoms with E-state index in [0.717, 1.165) is 5.56 Å². The molecule has 5 nitrogen and oxygen atoms in total. The second-order valence-electron chi connectivity index (χ2n) is 4.71. The molecule has 108 valence electrons. The van der Waals surface area contributed by atoms with Crippen LogP contribution in [0, 0.1) is 0 Å². The Hall–Kier alpha value is -2.53. The van der Waals surface area contributed by atoms with Crippen LogP contribution in [0.1, 0.15) is 5.56 Å². The van der Waals surface area contributed by atoms with Crippen molar-refractivity contribution >= 4 is 11.6 Å². The smallest absolute Gasteiger partial charge is 0.269 e. The van der Waals surface area contributed by atoms with Crippen LogP contribution in [0.4, 0.5) is 5.69 Å². The number of benzene rings is 2. The van der Waals surface area contributed by atoms with Gasteiger partial charge in [-0.05, 0) is 29.8 Å². The van der Waals surface area contributed by atoms with E-state index in [9.17, 15) is 4.79 Å². The quantitative estimate of drug-likeness (QED) is 0.904. The Morgan fingerprint density at radius 2 is 2.00 bits per heavy atom. The highest BCUT2D eigenvalue weighted by atomic mass is 16.6. The molecule has 21 heavy (non-hydrogen) atoms. The molecule has 0 saturated heterocycles. The zero-order valence-electron chi connectivity index (χ0n) is 11.3. The Morgan fingerprint density at radius 3 is 2.81 bits per heavy atom. The molecule has 0 bridgehead atoms. The maximum Gasteiger partial charge on any atom is 0.269 e. The van der Waals surface area contributed by atoms with Gasteiger partial charge in [0, 0.05) is 5.69 Å². The molecule has 0 spiro atoms. The Labute approximate surface area is 122 Å². The van der Waals surface area contributed by atoms with Gasteiger partial charge in [-0.15, -0.1) is 0 Å². The van der Waals surface area contributed by atoms with Crippen LogP contribution in [-0.4, -0.2) is 23.7 Å². The summed E-state index contributed by atoms with van der Waals surface area (Å²) in [5.74, 6) is 0.927. The number of carbonyl (C=O) groups is 1. The molecule has 0 saturated carbocycles. The Bertz CT molecular complexity index is 656. The number of aliphatic hydroxyl groups excluding tert-OH is 1. The summed E-state index contributed by atoms with van der Waals surface area (Å²) in [7, 11) is 0. The first kappa shape index (κ1) is 13.5. The molecular weight excluding hydrogens is 270 g/mol. The minimum Gasteiger partial charge on any atom is -0.485 e. The van der Waals surface area contributed by atoms with Crippen LogP contribution in [0.2, 0.25) is 0 Å². The summed E-state index contributed by atoms with van der Waals surface area (Å²) in [6.07, 6.45) is -0.697. The summed E-state index contributed by atoms with van der Waals surface area (Å²) in [6, 6.07) is 14.3. The van der Waals surface area contributed by atoms with Crippen molar-refractivity contribution in [1.29, 1.82) is 0 Å². The number of hydrogen-bond donors (Lipinski definition) is 2. The van der Waals surface area contributed by atoms with Gasteiger partial charge >= 0.3 is 0 Å². The van der Waals surface area contributed by atoms with Gasteiger partial charge in [0.2, 0.25) is 6.10 Å². The van der Waals surface area contributed by atoms with E-state index in [-0.39, 0.29) is 19.1 Å². The van der Waals surface area contributed by atoms with E-state index >= 15 is 0 Å². The molecular formula is C16H15NO4. The number of ether oxygens (including phenoxy) is 2. The highest BCUT2D eigenvalue weighted by Gasteiger charge is 2.27. The van der Waals surface area contributed by atoms with Crippen molar-refractivity contribution in [3.8, 4) is 11.5 Å². The molecule has 0 radical (unpaired) electrons. The zero-order valence-corrected chi connectivity index (χ0v) is 11.3. The monoisotopic (exact) mass is 285 g/mol. The van der Waals surface area contributed by atoms with Gasteiger partial charge in [-0.1, -0.05) is 24.3 Å². The number of para-hydroxylation sites is 2. The molecule has 1 atom stereocenters. The predicted molar refractivity (Wildman–Crippen MR) is 77.3 cm³/mol. The van der Waals surface area contributed by atoms with Crippen LogP contribution < -0.4 is 14.8 Å². The van der Waals surface area contributed by atoms with Crippen LogP contribution in [0.5, 0.6) is 11.5 Å². The van der Waals surface area contributed by atoms with E-state index in [4.69, 9.17) is 14.6 Å². The summed E-state index contributed by atoms with van der Waals surface area (Å²) in [5, 5.41) is 11.9. The summed E-state index contributed by atoms with van der Waals surface area (Å²) in [4.78, 5) is 12.2. The molecule has 1 aliphatic rings. The molecule has 0 aromatic heterocycles. The number of aliphatic hydroxyl groups is 1. The molecule has 1 aliphatic heterocycles. The average molecular weight is 285 g/mol. The lowest BCUT2D eigenvalue weighted by atomic mass is 10.2. The van der Waals surface area contributed by atoms with Crippen molar-refractivity contribution in [2.24, 2.45) is 0 Å². The van der Waals surface area contributed by atoms with Gasteiger partial charge in [0.1, 0.15) is 6.61 Å². The topological polar surface area (TPSA) is 67.8 Å². The number of fused-ring (bicyclic) bond motifs is 1. The molecule has 0 fully saturated rings. The minimum atomic E-state index is -0.697. The van der Waals surface area contributed by atoms with Gasteiger partial charge in [-0.3, -0.25) is 4.79 Å². The highest BCUT2D eigenvalue weighted by Crippen LogP contribution is 2.31. The van der Waals surface area contributed by atoms with Crippen LogP contribution in [0.15, 0.2) is 48.5 Å². The van der Waals surface area contributed by atoms with Crippen molar-refractivity contribution in [2.45, 2.75) is 12.7 Å². The third kappa shape index (κ3) is 2.98. The number of hydrogen-bond acceptors (Lipinski definition) is 4. The Morgan fingerprint density at radius 1 is 1.19 bits per heavy atom. The number of carbonyl (C=O) groups excluding carboxylic acids is 1. The van der Waals surface area contributed by atoms with Crippen LogP contribution >= 0.6 is 0 Å². The maximum absolute atomic E-state index is 12.2. The molecule has 2 aromatic carbocycles. The number of nitrogens with one attached hydrogen (secondary N) is 1. The van der Waals surface area contributed by atoms with Crippen LogP contribution in [0.25, 0.3) is 0 Å². The molecule has 3 rings (SSSR count). The SMILES string of the molecule is O=C(Nc1cccc(CO)c1)C1COc2ccccc2O1. The first-order valence-corrected chi connectivity index (χ1v) is 6.65. The average Bonchev–Trinajstić information content (AvgIpc) is 2.54. The number of amides is 1. The van der Waals surface area contributed by atoms with E-state index in [2.05, 4.69) is 5.32 Å². The third-order valence-electron chi connectivity index (χ3n) is 3.18. The molecule has 1 unspecified atom stereocenters. The minimum absolute atomic E-state index is 0.0693. The number of rotatable bonds is 3. The van der Waals surface area contributed by atoms with Crippen molar-refractivity contribution in [3.05, 3.63) is 54.1 Å². The largest absolute Gasteiger partial charge is 0.485 e. The standard InChI is InChI=1S/C16H15NO4/c18-9-11-4-3-5-12(8-11)17-16(19)15-10-20-13-6-1-2-7-14(13)21-15/h1-8,15,18H,9-10H2,(H,17,19). The summed E-state index contributed by atoms with van der Waals surface area (Å²) in [5.41, 5.74) is 1.35. The third-order valence-corrected chi connectivity index (χ3v) is 3.18. The van der Waals surface area contributed by atoms with Gasteiger partial charge < -0.3 is 19.9 Å². The van der Waals surface area contributed by atoms with Crippen LogP contribution in [-0.2, 0) is 11.4 Å². The van der Waals surface area contributed by atoms with Gasteiger partial charge in [0.15, 0.2) is 11.5 Å². The van der Waals surface area contributed by atoms with Gasteiger partial charge in [0.05, 0.1) is 6.61 Å². The van der Waals surface area contributed by atoms with Gasteiger partial charge in [0.25, 0.3) is 5.91 Å². The Kier molecular flexibility index (Phi) is 3.75. The fourth-order valence-corrected chi connectivity index (χ4v) is 2.12. The number of anilines is 1. The predicted octanol–water partition coefficient (Wildman–Crippen LogP) is 1.96. The van der Waals surface area contributed by atoms with Crippen LogP contribution in [0.3, 0.4) is 0 Å². The lowest BCUT2D eigenvalue weighted by Gasteiger charge is -2.25. The van der Waals surface area contributed by atoms with E-state index in [1.165, 1.54) is 0 Å². The molecule has 2 aromatic rings. The lowest BCUT2D eigenvalue weighted by Crippen LogP contribution is -2.40. The first-order valence-electron chi connectivity index (χ1n) is 6.65. The maximum atomic E-state index is 12.2. The Balaban J connectivity index is 1.69. The van der Waals surface area contributed by atoms with Crippen molar-refractivity contribution < 1.29 is 19.4 Å². The molecule has 5 heteroatoms. The van der Waals surface area contributed by atoms with Crippen molar-refractivity contribution in [1.82, 2.24) is 0 Å². The van der Waals surface area contributed by atoms with Crippen molar-refractivity contribution in [3.63, 3.8) is 0 Å². The van der Waals surface area contributed by atoms with E-state index < -0.39 is 6.10 Å². The summed E-state index contributed by atoms with van der Waals surface area (Å²) >= 11 is 0. The first-order chi connectivity index (χ1) is 10.3. The zero-order chi connectivity index (χ0) is 14.7. The molecule has 0 aliphatic carbocycles. The normalized spacial score (nSPS) is 16.3. The molecule has 1 amide bonds. The van der Waals surface area contributed by atoms with E-state index in [1.807, 2.05) is 12.1 Å². The highest BCUT2D eigenvalue weighted by molar-refractivity contribution is 5.94. The molecule has 1 heterocycles. The van der Waals surface area contributed by atoms with E-state index in [1.54, 1.807) is 36.4 Å². The van der Waals surface area contributed by atoms with Gasteiger partial charge in [-0.2, -0.15) is 0 Å². The lowest BCUT2D eigenvalue weighted by molar-refractivity contribution is -0.125. The second-order valence-corrected chi connectivity index (χ2v) is 4.71. The fraction of sp³-hybridized carbons (Fsp3) is 0.188. The molecule has 2 N–H and O–H groups in total. The summed E-state index contributed by atoms with van der Waals surface area (Å²) < 4.78 is 11.2. The fourth-order valence-electron chi connectivity index (χ4n) is 2.12. The second kappa shape index (κ2) is 5.85. The van der Waals surface area contributed by atoms with Gasteiger partial charge in [-0.25, -0.2) is 0 Å². The summed E-state index contributed by atoms with van der Waals surface area (Å²) in [6.45, 7) is 0.0999. The van der Waals surface area contributed by atoms with Crippen molar-refractivity contribution in [2.75, 3.05) is 11.9 Å².